The lowest BCUT2D eigenvalue weighted by Crippen LogP contribution is -2.48. The van der Waals surface area contributed by atoms with Crippen molar-refractivity contribution < 1.29 is 0 Å². The maximum atomic E-state index is 4.25. The normalized spacial score (nSPS) is 28.0. The molecule has 0 amide bonds. The molecule has 4 heteroatoms. The molecule has 1 N–H and O–H groups in total. The summed E-state index contributed by atoms with van der Waals surface area (Å²) in [5.41, 5.74) is 0. The molecule has 1 aliphatic carbocycles. The molecule has 2 atom stereocenters. The lowest BCUT2D eigenvalue weighted by molar-refractivity contribution is 0.100. The highest BCUT2D eigenvalue weighted by Gasteiger charge is 2.27. The Balaban J connectivity index is 1.30. The molecule has 2 heterocycles. The second-order valence-corrected chi connectivity index (χ2v) is 7.31. The summed E-state index contributed by atoms with van der Waals surface area (Å²) in [5.74, 6) is 0.942. The minimum Gasteiger partial charge on any atom is -0.314 e. The van der Waals surface area contributed by atoms with Gasteiger partial charge in [-0.15, -0.1) is 0 Å². The molecular weight excluding hydrogens is 272 g/mol. The molecular formula is C18H32N4. The molecule has 0 bridgehead atoms. The number of likely N-dealkylation sites (tertiary alicyclic amines) is 1. The second kappa shape index (κ2) is 8.11. The Hall–Kier alpha value is -0.870. The van der Waals surface area contributed by atoms with E-state index in [0.717, 1.165) is 31.1 Å². The van der Waals surface area contributed by atoms with Crippen molar-refractivity contribution in [2.24, 2.45) is 5.92 Å². The Morgan fingerprint density at radius 2 is 2.05 bits per heavy atom. The van der Waals surface area contributed by atoms with Crippen LogP contribution in [0.25, 0.3) is 0 Å². The van der Waals surface area contributed by atoms with Gasteiger partial charge >= 0.3 is 0 Å². The number of nitrogens with zero attached hydrogens (tertiary/aromatic N) is 3. The molecule has 0 radical (unpaired) electrons. The van der Waals surface area contributed by atoms with Crippen molar-refractivity contribution in [2.45, 2.75) is 70.5 Å². The van der Waals surface area contributed by atoms with Crippen LogP contribution in [0.3, 0.4) is 0 Å². The van der Waals surface area contributed by atoms with Gasteiger partial charge in [-0.2, -0.15) is 5.10 Å². The Morgan fingerprint density at radius 3 is 2.77 bits per heavy atom. The largest absolute Gasteiger partial charge is 0.314 e. The predicted octanol–water partition coefficient (Wildman–Crippen LogP) is 2.91. The van der Waals surface area contributed by atoms with Gasteiger partial charge in [-0.3, -0.25) is 4.68 Å². The minimum atomic E-state index is 0.731. The molecule has 1 aliphatic heterocycles. The highest BCUT2D eigenvalue weighted by atomic mass is 15.3. The quantitative estimate of drug-likeness (QED) is 0.820. The first-order valence-corrected chi connectivity index (χ1v) is 9.26. The smallest absolute Gasteiger partial charge is 0.0489 e. The number of nitrogens with one attached hydrogen (secondary N) is 1. The van der Waals surface area contributed by atoms with E-state index in [4.69, 9.17) is 0 Å². The van der Waals surface area contributed by atoms with Crippen molar-refractivity contribution >= 4 is 0 Å². The molecule has 0 unspecified atom stereocenters. The fourth-order valence-electron chi connectivity index (χ4n) is 4.18. The Labute approximate surface area is 135 Å². The lowest BCUT2D eigenvalue weighted by Gasteiger charge is -2.41. The summed E-state index contributed by atoms with van der Waals surface area (Å²) in [7, 11) is 0. The molecule has 0 aromatic carbocycles. The summed E-state index contributed by atoms with van der Waals surface area (Å²) < 4.78 is 2.02. The highest BCUT2D eigenvalue weighted by Crippen LogP contribution is 2.29. The molecule has 1 aromatic rings. The fourth-order valence-corrected chi connectivity index (χ4v) is 4.18. The van der Waals surface area contributed by atoms with Crippen molar-refractivity contribution in [1.29, 1.82) is 0 Å². The van der Waals surface area contributed by atoms with E-state index in [-0.39, 0.29) is 0 Å². The van der Waals surface area contributed by atoms with Gasteiger partial charge in [-0.1, -0.05) is 19.8 Å². The predicted molar refractivity (Wildman–Crippen MR) is 90.9 cm³/mol. The number of hydrogen-bond donors (Lipinski definition) is 1. The van der Waals surface area contributed by atoms with Crippen LogP contribution in [0.4, 0.5) is 0 Å². The van der Waals surface area contributed by atoms with Crippen LogP contribution in [0.2, 0.25) is 0 Å². The summed E-state index contributed by atoms with van der Waals surface area (Å²) >= 11 is 0. The summed E-state index contributed by atoms with van der Waals surface area (Å²) in [6, 6.07) is 3.61. The van der Waals surface area contributed by atoms with Crippen molar-refractivity contribution in [3.05, 3.63) is 18.5 Å². The lowest BCUT2D eigenvalue weighted by atomic mass is 9.85. The number of rotatable bonds is 6. The summed E-state index contributed by atoms with van der Waals surface area (Å²) in [5, 5.41) is 8.00. The zero-order valence-electron chi connectivity index (χ0n) is 14.1. The van der Waals surface area contributed by atoms with Crippen LogP contribution < -0.4 is 5.32 Å². The van der Waals surface area contributed by atoms with Crippen LogP contribution in [-0.2, 0) is 6.54 Å². The summed E-state index contributed by atoms with van der Waals surface area (Å²) in [6.07, 6.45) is 13.5. The van der Waals surface area contributed by atoms with Crippen LogP contribution in [0.1, 0.15) is 51.9 Å². The molecule has 1 aromatic heterocycles. The first kappa shape index (κ1) is 16.0. The standard InChI is InChI=1S/C18H32N4/c1-16-5-2-6-18(15-16)21-13-7-17(8-14-21)19-9-3-11-22-12-4-10-20-22/h4,10,12,16-19H,2-3,5-9,11,13-15H2,1H3/t16-,18+/m0/s1. The van der Waals surface area contributed by atoms with E-state index in [1.807, 2.05) is 23.1 Å². The Kier molecular flexibility index (Phi) is 5.90. The molecule has 2 aliphatic rings. The number of hydrogen-bond acceptors (Lipinski definition) is 3. The van der Waals surface area contributed by atoms with E-state index < -0.39 is 0 Å². The molecule has 2 fully saturated rings. The van der Waals surface area contributed by atoms with Crippen LogP contribution in [0.15, 0.2) is 18.5 Å². The minimum absolute atomic E-state index is 0.731. The van der Waals surface area contributed by atoms with Crippen LogP contribution in [-0.4, -0.2) is 46.4 Å². The molecule has 4 nitrogen and oxygen atoms in total. The van der Waals surface area contributed by atoms with Crippen LogP contribution in [0.5, 0.6) is 0 Å². The van der Waals surface area contributed by atoms with Crippen molar-refractivity contribution in [1.82, 2.24) is 20.0 Å². The van der Waals surface area contributed by atoms with E-state index in [0.29, 0.717) is 0 Å². The SMILES string of the molecule is C[C@H]1CCC[C@@H](N2CCC(NCCCn3cccn3)CC2)C1. The Morgan fingerprint density at radius 1 is 1.18 bits per heavy atom. The van der Waals surface area contributed by atoms with E-state index >= 15 is 0 Å². The van der Waals surface area contributed by atoms with Gasteiger partial charge in [-0.25, -0.2) is 0 Å². The van der Waals surface area contributed by atoms with Gasteiger partial charge in [0.05, 0.1) is 0 Å². The van der Waals surface area contributed by atoms with Gasteiger partial charge in [0.25, 0.3) is 0 Å². The highest BCUT2D eigenvalue weighted by molar-refractivity contribution is 4.84. The molecule has 22 heavy (non-hydrogen) atoms. The third-order valence-corrected chi connectivity index (χ3v) is 5.51. The maximum absolute atomic E-state index is 4.25. The molecule has 0 spiro atoms. The average molecular weight is 304 g/mol. The van der Waals surface area contributed by atoms with E-state index in [9.17, 15) is 0 Å². The van der Waals surface area contributed by atoms with Gasteiger partial charge in [0.15, 0.2) is 0 Å². The maximum Gasteiger partial charge on any atom is 0.0489 e. The Bertz CT molecular complexity index is 409. The second-order valence-electron chi connectivity index (χ2n) is 7.31. The van der Waals surface area contributed by atoms with Gasteiger partial charge < -0.3 is 10.2 Å². The number of aryl methyl sites for hydroxylation is 1. The number of piperidine rings is 1. The number of aromatic nitrogens is 2. The molecule has 1 saturated carbocycles. The first-order chi connectivity index (χ1) is 10.8. The van der Waals surface area contributed by atoms with Crippen molar-refractivity contribution in [2.75, 3.05) is 19.6 Å². The van der Waals surface area contributed by atoms with Gasteiger partial charge in [0, 0.05) is 31.0 Å². The van der Waals surface area contributed by atoms with E-state index in [1.165, 1.54) is 58.0 Å². The van der Waals surface area contributed by atoms with E-state index in [2.05, 4.69) is 22.2 Å². The van der Waals surface area contributed by atoms with Crippen molar-refractivity contribution in [3.8, 4) is 0 Å². The van der Waals surface area contributed by atoms with Gasteiger partial charge in [0.1, 0.15) is 0 Å². The summed E-state index contributed by atoms with van der Waals surface area (Å²) in [6.45, 7) is 7.17. The van der Waals surface area contributed by atoms with Crippen LogP contribution in [0, 0.1) is 5.92 Å². The zero-order valence-corrected chi connectivity index (χ0v) is 14.1. The summed E-state index contributed by atoms with van der Waals surface area (Å²) in [4.78, 5) is 2.78. The van der Waals surface area contributed by atoms with Gasteiger partial charge in [0.2, 0.25) is 0 Å². The van der Waals surface area contributed by atoms with E-state index in [1.54, 1.807) is 0 Å². The fraction of sp³-hybridized carbons (Fsp3) is 0.833. The third kappa shape index (κ3) is 4.56. The van der Waals surface area contributed by atoms with Crippen LogP contribution >= 0.6 is 0 Å². The van der Waals surface area contributed by atoms with Gasteiger partial charge in [-0.05, 0) is 63.7 Å². The zero-order chi connectivity index (χ0) is 15.2. The third-order valence-electron chi connectivity index (χ3n) is 5.51. The topological polar surface area (TPSA) is 33.1 Å². The molecule has 1 saturated heterocycles. The monoisotopic (exact) mass is 304 g/mol. The first-order valence-electron chi connectivity index (χ1n) is 9.26. The molecule has 3 rings (SSSR count). The van der Waals surface area contributed by atoms with Crippen molar-refractivity contribution in [3.63, 3.8) is 0 Å². The average Bonchev–Trinajstić information content (AvgIpc) is 3.06. The molecule has 124 valence electrons.